The van der Waals surface area contributed by atoms with Gasteiger partial charge in [0, 0.05) is 36.6 Å². The van der Waals surface area contributed by atoms with Gasteiger partial charge in [0.05, 0.1) is 11.4 Å². The summed E-state index contributed by atoms with van der Waals surface area (Å²) in [7, 11) is 0.282. The van der Waals surface area contributed by atoms with E-state index in [0.29, 0.717) is 30.5 Å². The zero-order valence-electron chi connectivity index (χ0n) is 14.8. The molecule has 0 spiro atoms. The minimum Gasteiger partial charge on any atom is -0.441 e. The highest BCUT2D eigenvalue weighted by atomic mass is 32.2. The van der Waals surface area contributed by atoms with Crippen LogP contribution in [0.15, 0.2) is 28.7 Å². The third-order valence-electron chi connectivity index (χ3n) is 3.63. The largest absolute Gasteiger partial charge is 0.441 e. The number of aryl methyl sites for hydroxylation is 2. The van der Waals surface area contributed by atoms with Gasteiger partial charge in [0.25, 0.3) is 0 Å². The summed E-state index contributed by atoms with van der Waals surface area (Å²) < 4.78 is 22.8. The van der Waals surface area contributed by atoms with Crippen LogP contribution in [-0.4, -0.2) is 41.1 Å². The molecule has 0 aliphatic rings. The molecule has 0 aliphatic carbocycles. The van der Waals surface area contributed by atoms with E-state index in [1.807, 2.05) is 31.2 Å². The van der Waals surface area contributed by atoms with E-state index >= 15 is 0 Å². The predicted octanol–water partition coefficient (Wildman–Crippen LogP) is 2.36. The molecule has 1 N–H and O–H groups in total. The second-order valence-corrected chi connectivity index (χ2v) is 7.27. The fourth-order valence-electron chi connectivity index (χ4n) is 2.23. The van der Waals surface area contributed by atoms with Gasteiger partial charge in [0.2, 0.25) is 11.8 Å². The van der Waals surface area contributed by atoms with Crippen molar-refractivity contribution in [2.45, 2.75) is 26.0 Å². The Morgan fingerprint density at radius 1 is 1.28 bits per heavy atom. The first-order chi connectivity index (χ1) is 12.0. The van der Waals surface area contributed by atoms with Crippen LogP contribution in [-0.2, 0) is 26.1 Å². The van der Waals surface area contributed by atoms with Crippen LogP contribution in [0.25, 0.3) is 11.5 Å². The van der Waals surface area contributed by atoms with Gasteiger partial charge in [-0.15, -0.1) is 0 Å². The van der Waals surface area contributed by atoms with Crippen molar-refractivity contribution in [3.8, 4) is 11.5 Å². The molecule has 0 fully saturated rings. The first-order valence-electron chi connectivity index (χ1n) is 8.13. The summed E-state index contributed by atoms with van der Waals surface area (Å²) in [6.45, 7) is 4.91. The maximum Gasteiger partial charge on any atom is 0.232 e. The van der Waals surface area contributed by atoms with Gasteiger partial charge >= 0.3 is 0 Å². The van der Waals surface area contributed by atoms with Crippen LogP contribution >= 0.6 is 0 Å². The van der Waals surface area contributed by atoms with E-state index in [1.54, 1.807) is 14.0 Å². The molecule has 0 saturated carbocycles. The number of oxazole rings is 1. The molecule has 1 aromatic carbocycles. The summed E-state index contributed by atoms with van der Waals surface area (Å²) in [5, 5.41) is 2.73. The standard InChI is InChI=1S/C18H24N2O4S/c1-13-5-7-15(8-6-13)18-20-16(14(2)24-18)11-25(22)12-17(21)19-9-4-10-23-3/h5-8H,4,9-12H2,1-3H3,(H,19,21)/t25-/m1/s1. The smallest absolute Gasteiger partial charge is 0.232 e. The highest BCUT2D eigenvalue weighted by Gasteiger charge is 2.15. The molecular formula is C18H24N2O4S. The van der Waals surface area contributed by atoms with Crippen molar-refractivity contribution in [1.29, 1.82) is 0 Å². The van der Waals surface area contributed by atoms with Crippen LogP contribution in [0.3, 0.4) is 0 Å². The maximum atomic E-state index is 12.2. The molecule has 0 bridgehead atoms. The second-order valence-electron chi connectivity index (χ2n) is 5.81. The van der Waals surface area contributed by atoms with E-state index in [1.165, 1.54) is 0 Å². The van der Waals surface area contributed by atoms with Crippen LogP contribution in [0.4, 0.5) is 0 Å². The first-order valence-corrected chi connectivity index (χ1v) is 9.62. The Morgan fingerprint density at radius 3 is 2.68 bits per heavy atom. The number of benzene rings is 1. The Kier molecular flexibility index (Phi) is 7.33. The lowest BCUT2D eigenvalue weighted by molar-refractivity contribution is -0.118. The van der Waals surface area contributed by atoms with Gasteiger partial charge < -0.3 is 14.5 Å². The van der Waals surface area contributed by atoms with Crippen molar-refractivity contribution in [2.24, 2.45) is 0 Å². The van der Waals surface area contributed by atoms with Crippen LogP contribution in [0.2, 0.25) is 0 Å². The molecule has 2 aromatic rings. The number of hydrogen-bond acceptors (Lipinski definition) is 5. The van der Waals surface area contributed by atoms with E-state index < -0.39 is 10.8 Å². The lowest BCUT2D eigenvalue weighted by atomic mass is 10.1. The van der Waals surface area contributed by atoms with Gasteiger partial charge in [0.1, 0.15) is 11.5 Å². The molecule has 1 atom stereocenters. The summed E-state index contributed by atoms with van der Waals surface area (Å²) in [6.07, 6.45) is 0.733. The number of nitrogens with one attached hydrogen (secondary N) is 1. The van der Waals surface area contributed by atoms with Gasteiger partial charge in [-0.25, -0.2) is 4.98 Å². The van der Waals surface area contributed by atoms with Crippen molar-refractivity contribution >= 4 is 16.7 Å². The number of carbonyl (C=O) groups excluding carboxylic acids is 1. The molecule has 6 nitrogen and oxygen atoms in total. The summed E-state index contributed by atoms with van der Waals surface area (Å²) in [5.41, 5.74) is 2.66. The number of nitrogens with zero attached hydrogens (tertiary/aromatic N) is 1. The molecule has 1 heterocycles. The van der Waals surface area contributed by atoms with E-state index in [2.05, 4.69) is 10.3 Å². The molecule has 0 radical (unpaired) electrons. The van der Waals surface area contributed by atoms with Crippen molar-refractivity contribution in [1.82, 2.24) is 10.3 Å². The Balaban J connectivity index is 1.90. The maximum absolute atomic E-state index is 12.2. The molecule has 1 amide bonds. The van der Waals surface area contributed by atoms with E-state index in [-0.39, 0.29) is 17.4 Å². The molecule has 0 unspecified atom stereocenters. The molecule has 1 aromatic heterocycles. The topological polar surface area (TPSA) is 81.4 Å². The Labute approximate surface area is 150 Å². The first kappa shape index (κ1) is 19.3. The monoisotopic (exact) mass is 364 g/mol. The number of carbonyl (C=O) groups is 1. The third-order valence-corrected chi connectivity index (χ3v) is 4.81. The van der Waals surface area contributed by atoms with Crippen molar-refractivity contribution < 1.29 is 18.2 Å². The van der Waals surface area contributed by atoms with Crippen molar-refractivity contribution in [3.63, 3.8) is 0 Å². The van der Waals surface area contributed by atoms with Gasteiger partial charge in [-0.3, -0.25) is 9.00 Å². The number of amides is 1. The van der Waals surface area contributed by atoms with Gasteiger partial charge in [0.15, 0.2) is 0 Å². The van der Waals surface area contributed by atoms with Crippen LogP contribution in [0.5, 0.6) is 0 Å². The van der Waals surface area contributed by atoms with E-state index in [0.717, 1.165) is 17.5 Å². The predicted molar refractivity (Wildman–Crippen MR) is 97.6 cm³/mol. The van der Waals surface area contributed by atoms with Gasteiger partial charge in [-0.05, 0) is 32.4 Å². The summed E-state index contributed by atoms with van der Waals surface area (Å²) in [6, 6.07) is 7.85. The second kappa shape index (κ2) is 9.48. The van der Waals surface area contributed by atoms with Crippen molar-refractivity contribution in [2.75, 3.05) is 26.0 Å². The highest BCUT2D eigenvalue weighted by molar-refractivity contribution is 7.84. The lowest BCUT2D eigenvalue weighted by Gasteiger charge is -2.04. The average molecular weight is 364 g/mol. The molecule has 7 heteroatoms. The molecule has 2 rings (SSSR count). The quantitative estimate of drug-likeness (QED) is 0.691. The van der Waals surface area contributed by atoms with Crippen LogP contribution < -0.4 is 5.32 Å². The van der Waals surface area contributed by atoms with Crippen LogP contribution in [0.1, 0.15) is 23.4 Å². The minimum absolute atomic E-state index is 0.0425. The molecule has 25 heavy (non-hydrogen) atoms. The summed E-state index contributed by atoms with van der Waals surface area (Å²) >= 11 is 0. The SMILES string of the molecule is COCCCNC(=O)C[S@](=O)Cc1nc(-c2ccc(C)cc2)oc1C. The number of rotatable bonds is 9. The molecular weight excluding hydrogens is 340 g/mol. The average Bonchev–Trinajstić information content (AvgIpc) is 2.93. The van der Waals surface area contributed by atoms with Crippen molar-refractivity contribution in [3.05, 3.63) is 41.3 Å². The van der Waals surface area contributed by atoms with Gasteiger partial charge in [-0.2, -0.15) is 0 Å². The molecule has 0 aliphatic heterocycles. The normalized spacial score (nSPS) is 12.1. The highest BCUT2D eigenvalue weighted by Crippen LogP contribution is 2.22. The number of aromatic nitrogens is 1. The summed E-state index contributed by atoms with van der Waals surface area (Å²) in [5.74, 6) is 1.07. The number of methoxy groups -OCH3 is 1. The van der Waals surface area contributed by atoms with E-state index in [9.17, 15) is 9.00 Å². The fourth-order valence-corrected chi connectivity index (χ4v) is 3.30. The van der Waals surface area contributed by atoms with Crippen LogP contribution in [0, 0.1) is 13.8 Å². The molecule has 136 valence electrons. The minimum atomic E-state index is -1.33. The zero-order valence-corrected chi connectivity index (χ0v) is 15.6. The summed E-state index contributed by atoms with van der Waals surface area (Å²) in [4.78, 5) is 16.2. The third kappa shape index (κ3) is 6.10. The Hall–Kier alpha value is -1.99. The van der Waals surface area contributed by atoms with E-state index in [4.69, 9.17) is 9.15 Å². The lowest BCUT2D eigenvalue weighted by Crippen LogP contribution is -2.30. The van der Waals surface area contributed by atoms with Gasteiger partial charge in [-0.1, -0.05) is 17.7 Å². The number of hydrogen-bond donors (Lipinski definition) is 1. The molecule has 0 saturated heterocycles. The Morgan fingerprint density at radius 2 is 2.00 bits per heavy atom. The zero-order chi connectivity index (χ0) is 18.2. The Bertz CT molecular complexity index is 725. The fraction of sp³-hybridized carbons (Fsp3) is 0.444. The number of ether oxygens (including phenoxy) is 1.